The minimum absolute atomic E-state index is 0. The van der Waals surface area contributed by atoms with Crippen LogP contribution in [0.15, 0.2) is 36.4 Å². The normalized spacial score (nSPS) is 9.25. The summed E-state index contributed by atoms with van der Waals surface area (Å²) in [5.41, 5.74) is 13.8. The largest absolute Gasteiger partial charge is 3.00 e. The van der Waals surface area contributed by atoms with Crippen molar-refractivity contribution in [2.24, 2.45) is 0 Å². The van der Waals surface area contributed by atoms with Crippen LogP contribution in [0.5, 0.6) is 0 Å². The van der Waals surface area contributed by atoms with Gasteiger partial charge in [-0.15, -0.1) is 6.07 Å². The summed E-state index contributed by atoms with van der Waals surface area (Å²) in [5.74, 6) is 0. The first-order chi connectivity index (χ1) is 14.4. The zero-order chi connectivity index (χ0) is 24.3. The third-order valence-electron chi connectivity index (χ3n) is 5.83. The van der Waals surface area contributed by atoms with Crippen molar-refractivity contribution >= 4 is 15.2 Å². The predicted octanol–water partition coefficient (Wildman–Crippen LogP) is 7.73. The molecule has 0 saturated carbocycles. The zero-order valence-electron chi connectivity index (χ0n) is 22.7. The van der Waals surface area contributed by atoms with Gasteiger partial charge in [0.15, 0.2) is 0 Å². The van der Waals surface area contributed by atoms with E-state index in [1.165, 1.54) is 50.2 Å². The molecule has 32 heavy (non-hydrogen) atoms. The summed E-state index contributed by atoms with van der Waals surface area (Å²) in [6.45, 7) is 25.7. The molecule has 0 aromatic heterocycles. The standard InChI is InChI=1S/C9H12N.2C9H13.C2H7Si.Ti/c1-8-6-4-5-7-9(8)10(2)3;2*1-6-5-7(2)9(4)8(6)3;1-3-2;/h4-7H,1H2,2-3H3;2*5H,1-4H3;3H,1-2H3;/q3*-1;;+3. The maximum Gasteiger partial charge on any atom is 3.00 e. The van der Waals surface area contributed by atoms with E-state index in [0.29, 0.717) is 0 Å². The number of hydrogen-bond donors (Lipinski definition) is 0. The molecule has 3 rings (SSSR count). The molecule has 0 bridgehead atoms. The molecule has 1 nitrogen and oxygen atoms in total. The molecular weight excluding hydrogens is 438 g/mol. The summed E-state index contributed by atoms with van der Waals surface area (Å²) in [6.07, 6.45) is 0. The second-order valence-corrected chi connectivity index (χ2v) is 9.78. The number of hydrogen-bond acceptors (Lipinski definition) is 1. The SMILES string of the molecule is C[SiH]C.Cc1c[c-](C)c(C)c1C.Cc1c[c-](C)c(C)c1C.[CH2-]c1ccccc1N(C)C.[Ti+3]. The van der Waals surface area contributed by atoms with Gasteiger partial charge < -0.3 is 4.90 Å². The first kappa shape index (κ1) is 32.7. The molecule has 2 radical (unpaired) electrons. The van der Waals surface area contributed by atoms with Crippen molar-refractivity contribution in [2.45, 2.75) is 68.5 Å². The summed E-state index contributed by atoms with van der Waals surface area (Å²) in [7, 11) is 4.79. The Hall–Kier alpha value is -1.48. The van der Waals surface area contributed by atoms with E-state index in [-0.39, 0.29) is 21.7 Å². The Bertz CT molecular complexity index is 820. The molecule has 0 saturated heterocycles. The van der Waals surface area contributed by atoms with Crippen molar-refractivity contribution in [2.75, 3.05) is 19.0 Å². The molecule has 0 atom stereocenters. The molecular formula is C29H45NSiTi. The molecule has 0 N–H and O–H groups in total. The minimum atomic E-state index is 0. The monoisotopic (exact) mass is 483 g/mol. The second kappa shape index (κ2) is 16.2. The summed E-state index contributed by atoms with van der Waals surface area (Å²) in [6, 6.07) is 12.6. The van der Waals surface area contributed by atoms with Gasteiger partial charge in [-0.2, -0.15) is 75.2 Å². The second-order valence-electron chi connectivity index (χ2n) is 8.62. The van der Waals surface area contributed by atoms with E-state index in [4.69, 9.17) is 0 Å². The topological polar surface area (TPSA) is 3.24 Å². The third kappa shape index (κ3) is 10.4. The summed E-state index contributed by atoms with van der Waals surface area (Å²) in [5, 5.41) is 0. The van der Waals surface area contributed by atoms with Gasteiger partial charge in [0.25, 0.3) is 0 Å². The average Bonchev–Trinajstić information content (AvgIpc) is 3.06. The van der Waals surface area contributed by atoms with Gasteiger partial charge in [-0.1, -0.05) is 86.3 Å². The Morgan fingerprint density at radius 3 is 1.25 bits per heavy atom. The zero-order valence-corrected chi connectivity index (χ0v) is 25.4. The Balaban J connectivity index is 0. The number of rotatable bonds is 1. The van der Waals surface area contributed by atoms with E-state index >= 15 is 0 Å². The first-order valence-electron chi connectivity index (χ1n) is 11.1. The molecule has 0 aliphatic rings. The van der Waals surface area contributed by atoms with Gasteiger partial charge in [-0.05, 0) is 14.1 Å². The van der Waals surface area contributed by atoms with E-state index in [0.717, 1.165) is 15.1 Å². The Labute approximate surface area is 217 Å². The quantitative estimate of drug-likeness (QED) is 0.253. The molecule has 0 amide bonds. The van der Waals surface area contributed by atoms with Crippen LogP contribution in [-0.2, 0) is 21.7 Å². The molecule has 0 aliphatic carbocycles. The number of benzene rings is 1. The van der Waals surface area contributed by atoms with Crippen molar-refractivity contribution in [3.63, 3.8) is 0 Å². The molecule has 0 spiro atoms. The number of aryl methyl sites for hydroxylation is 4. The van der Waals surface area contributed by atoms with E-state index < -0.39 is 0 Å². The number of anilines is 1. The van der Waals surface area contributed by atoms with Gasteiger partial charge in [0.1, 0.15) is 0 Å². The van der Waals surface area contributed by atoms with Crippen molar-refractivity contribution < 1.29 is 21.7 Å². The predicted molar refractivity (Wildman–Crippen MR) is 146 cm³/mol. The van der Waals surface area contributed by atoms with Crippen molar-refractivity contribution in [3.05, 3.63) is 93.4 Å². The van der Waals surface area contributed by atoms with Crippen LogP contribution < -0.4 is 4.90 Å². The summed E-state index contributed by atoms with van der Waals surface area (Å²) >= 11 is 0. The smallest absolute Gasteiger partial charge is 0.428 e. The van der Waals surface area contributed by atoms with Crippen LogP contribution in [0.4, 0.5) is 5.69 Å². The average molecular weight is 484 g/mol. The minimum Gasteiger partial charge on any atom is -0.428 e. The van der Waals surface area contributed by atoms with Gasteiger partial charge >= 0.3 is 21.7 Å². The number of nitrogens with zero attached hydrogens (tertiary/aromatic N) is 1. The van der Waals surface area contributed by atoms with Crippen LogP contribution in [0.25, 0.3) is 0 Å². The van der Waals surface area contributed by atoms with Crippen LogP contribution in [-0.4, -0.2) is 23.6 Å². The fourth-order valence-corrected chi connectivity index (χ4v) is 3.21. The molecule has 174 valence electrons. The fraction of sp³-hybridized carbons (Fsp3) is 0.414. The summed E-state index contributed by atoms with van der Waals surface area (Å²) in [4.78, 5) is 2.06. The molecule has 3 aromatic carbocycles. The van der Waals surface area contributed by atoms with Crippen LogP contribution in [0.3, 0.4) is 0 Å². The Morgan fingerprint density at radius 1 is 0.750 bits per heavy atom. The van der Waals surface area contributed by atoms with E-state index in [1.807, 2.05) is 32.3 Å². The fourth-order valence-electron chi connectivity index (χ4n) is 3.21. The van der Waals surface area contributed by atoms with Gasteiger partial charge in [-0.3, -0.25) is 0 Å². The maximum atomic E-state index is 3.90. The van der Waals surface area contributed by atoms with Gasteiger partial charge in [0.2, 0.25) is 0 Å². The molecule has 0 heterocycles. The number of para-hydroxylation sites is 1. The van der Waals surface area contributed by atoms with Crippen molar-refractivity contribution in [1.82, 2.24) is 0 Å². The summed E-state index contributed by atoms with van der Waals surface area (Å²) < 4.78 is 0. The van der Waals surface area contributed by atoms with Crippen LogP contribution in [0.1, 0.15) is 50.1 Å². The first-order valence-corrected chi connectivity index (χ1v) is 13.4. The molecule has 0 unspecified atom stereocenters. The van der Waals surface area contributed by atoms with Crippen LogP contribution in [0.2, 0.25) is 13.1 Å². The Morgan fingerprint density at radius 2 is 1.09 bits per heavy atom. The molecule has 0 fully saturated rings. The van der Waals surface area contributed by atoms with E-state index in [1.54, 1.807) is 0 Å². The third-order valence-corrected chi connectivity index (χ3v) is 5.83. The maximum absolute atomic E-state index is 3.90. The van der Waals surface area contributed by atoms with Gasteiger partial charge in [-0.25, -0.2) is 0 Å². The molecule has 3 heteroatoms. The van der Waals surface area contributed by atoms with Crippen LogP contribution >= 0.6 is 0 Å². The Kier molecular flexibility index (Phi) is 16.5. The van der Waals surface area contributed by atoms with Crippen molar-refractivity contribution in [3.8, 4) is 0 Å². The van der Waals surface area contributed by atoms with Crippen molar-refractivity contribution in [1.29, 1.82) is 0 Å². The van der Waals surface area contributed by atoms with Gasteiger partial charge in [0, 0.05) is 9.52 Å². The van der Waals surface area contributed by atoms with Crippen LogP contribution in [0, 0.1) is 62.3 Å². The van der Waals surface area contributed by atoms with E-state index in [2.05, 4.69) is 98.5 Å². The molecule has 0 aliphatic heterocycles. The molecule has 3 aromatic rings. The van der Waals surface area contributed by atoms with Gasteiger partial charge in [0.05, 0.1) is 0 Å². The van der Waals surface area contributed by atoms with E-state index in [9.17, 15) is 0 Å².